The summed E-state index contributed by atoms with van der Waals surface area (Å²) in [6.07, 6.45) is 1.33. The highest BCUT2D eigenvalue weighted by Crippen LogP contribution is 2.32. The van der Waals surface area contributed by atoms with Gasteiger partial charge in [0.1, 0.15) is 10.1 Å². The molecule has 0 atom stereocenters. The molecule has 0 N–H and O–H groups in total. The molecule has 0 radical (unpaired) electrons. The number of amides is 1. The fourth-order valence-electron chi connectivity index (χ4n) is 1.61. The van der Waals surface area contributed by atoms with Crippen LogP contribution in [0.1, 0.15) is 12.0 Å². The zero-order valence-electron chi connectivity index (χ0n) is 10.2. The molecular weight excluding hydrogens is 301 g/mol. The normalized spacial score (nSPS) is 17.1. The monoisotopic (exact) mass is 310 g/mol. The number of aliphatic carboxylic acids is 1. The number of carboxylic acid groups (broad SMARTS) is 1. The van der Waals surface area contributed by atoms with Crippen molar-refractivity contribution in [1.82, 2.24) is 4.90 Å². The Labute approximate surface area is 124 Å². The molecule has 1 heterocycles. The third-order valence-electron chi connectivity index (χ3n) is 2.58. The Morgan fingerprint density at radius 1 is 1.40 bits per heavy atom. The molecule has 0 saturated carbocycles. The first-order chi connectivity index (χ1) is 9.47. The molecule has 0 spiro atoms. The van der Waals surface area contributed by atoms with Crippen LogP contribution in [0.4, 0.5) is 4.39 Å². The molecule has 1 saturated heterocycles. The molecule has 104 valence electrons. The number of carbonyl (C=O) groups is 2. The van der Waals surface area contributed by atoms with Gasteiger partial charge in [0, 0.05) is 18.9 Å². The molecule has 2 rings (SSSR count). The first-order valence-corrected chi connectivity index (χ1v) is 6.90. The molecule has 0 bridgehead atoms. The molecule has 1 aromatic carbocycles. The SMILES string of the molecule is O=C([O-])CCN1C(=O)C(=Cc2ccc(F)cc2)SC1=S. The predicted octanol–water partition coefficient (Wildman–Crippen LogP) is 1.17. The van der Waals surface area contributed by atoms with Crippen molar-refractivity contribution in [3.63, 3.8) is 0 Å². The largest absolute Gasteiger partial charge is 0.550 e. The lowest BCUT2D eigenvalue weighted by Crippen LogP contribution is -2.33. The third-order valence-corrected chi connectivity index (χ3v) is 3.96. The zero-order valence-corrected chi connectivity index (χ0v) is 11.8. The summed E-state index contributed by atoms with van der Waals surface area (Å²) in [5, 5.41) is 10.4. The van der Waals surface area contributed by atoms with E-state index in [1.165, 1.54) is 17.0 Å². The summed E-state index contributed by atoms with van der Waals surface area (Å²) in [6, 6.07) is 5.68. The van der Waals surface area contributed by atoms with Crippen molar-refractivity contribution < 1.29 is 19.1 Å². The second-order valence-corrected chi connectivity index (χ2v) is 5.68. The van der Waals surface area contributed by atoms with Crippen molar-refractivity contribution in [1.29, 1.82) is 0 Å². The average molecular weight is 310 g/mol. The molecule has 4 nitrogen and oxygen atoms in total. The second kappa shape index (κ2) is 6.15. The standard InChI is InChI=1S/C13H10FNO3S2/c14-9-3-1-8(2-4-9)7-10-12(18)15(13(19)20-10)6-5-11(16)17/h1-4,7H,5-6H2,(H,16,17)/p-1. The molecule has 7 heteroatoms. The second-order valence-electron chi connectivity index (χ2n) is 4.01. The van der Waals surface area contributed by atoms with Crippen LogP contribution in [0.3, 0.4) is 0 Å². The number of rotatable bonds is 4. The maximum Gasteiger partial charge on any atom is 0.266 e. The number of hydrogen-bond acceptors (Lipinski definition) is 5. The van der Waals surface area contributed by atoms with Gasteiger partial charge in [0.05, 0.1) is 4.91 Å². The van der Waals surface area contributed by atoms with Crippen LogP contribution in [0.15, 0.2) is 29.2 Å². The molecule has 0 unspecified atom stereocenters. The van der Waals surface area contributed by atoms with Crippen molar-refractivity contribution in [3.8, 4) is 0 Å². The number of carbonyl (C=O) groups excluding carboxylic acids is 2. The van der Waals surface area contributed by atoms with Gasteiger partial charge in [-0.3, -0.25) is 9.69 Å². The quantitative estimate of drug-likeness (QED) is 0.617. The molecule has 1 amide bonds. The fourth-order valence-corrected chi connectivity index (χ4v) is 2.91. The van der Waals surface area contributed by atoms with E-state index in [1.807, 2.05) is 0 Å². The van der Waals surface area contributed by atoms with E-state index < -0.39 is 5.97 Å². The first-order valence-electron chi connectivity index (χ1n) is 5.68. The highest BCUT2D eigenvalue weighted by Gasteiger charge is 2.31. The van der Waals surface area contributed by atoms with E-state index in [2.05, 4.69) is 0 Å². The van der Waals surface area contributed by atoms with E-state index in [0.717, 1.165) is 11.8 Å². The van der Waals surface area contributed by atoms with Crippen LogP contribution in [0.5, 0.6) is 0 Å². The minimum Gasteiger partial charge on any atom is -0.550 e. The number of halogens is 1. The van der Waals surface area contributed by atoms with Crippen LogP contribution in [-0.4, -0.2) is 27.6 Å². The molecule has 1 aromatic rings. The van der Waals surface area contributed by atoms with Gasteiger partial charge in [-0.15, -0.1) is 0 Å². The van der Waals surface area contributed by atoms with Crippen LogP contribution < -0.4 is 5.11 Å². The number of thioether (sulfide) groups is 1. The number of thiocarbonyl (C=S) groups is 1. The van der Waals surface area contributed by atoms with Crippen molar-refractivity contribution in [2.24, 2.45) is 0 Å². The van der Waals surface area contributed by atoms with Gasteiger partial charge in [0.2, 0.25) is 0 Å². The van der Waals surface area contributed by atoms with Crippen molar-refractivity contribution in [2.45, 2.75) is 6.42 Å². The van der Waals surface area contributed by atoms with Gasteiger partial charge in [0.15, 0.2) is 0 Å². The molecule has 1 fully saturated rings. The topological polar surface area (TPSA) is 60.4 Å². The Balaban J connectivity index is 2.14. The van der Waals surface area contributed by atoms with E-state index in [-0.39, 0.29) is 24.7 Å². The lowest BCUT2D eigenvalue weighted by atomic mass is 10.2. The smallest absolute Gasteiger partial charge is 0.266 e. The van der Waals surface area contributed by atoms with Crippen LogP contribution in [0, 0.1) is 5.82 Å². The molecular formula is C13H9FNO3S2-. The van der Waals surface area contributed by atoms with Crippen molar-refractivity contribution in [3.05, 3.63) is 40.6 Å². The maximum absolute atomic E-state index is 12.8. The van der Waals surface area contributed by atoms with E-state index in [9.17, 15) is 19.1 Å². The number of nitrogens with zero attached hydrogens (tertiary/aromatic N) is 1. The number of benzene rings is 1. The molecule has 0 aliphatic carbocycles. The third kappa shape index (κ3) is 3.43. The van der Waals surface area contributed by atoms with E-state index in [4.69, 9.17) is 12.2 Å². The molecule has 0 aromatic heterocycles. The Kier molecular flexibility index (Phi) is 4.51. The summed E-state index contributed by atoms with van der Waals surface area (Å²) in [5.74, 6) is -1.93. The molecule has 1 aliphatic heterocycles. The first kappa shape index (κ1) is 14.7. The summed E-state index contributed by atoms with van der Waals surface area (Å²) in [4.78, 5) is 24.1. The van der Waals surface area contributed by atoms with E-state index in [0.29, 0.717) is 14.8 Å². The van der Waals surface area contributed by atoms with Crippen LogP contribution in [-0.2, 0) is 9.59 Å². The maximum atomic E-state index is 12.8. The average Bonchev–Trinajstić information content (AvgIpc) is 2.65. The van der Waals surface area contributed by atoms with E-state index >= 15 is 0 Å². The van der Waals surface area contributed by atoms with Crippen LogP contribution >= 0.6 is 24.0 Å². The van der Waals surface area contributed by atoms with Gasteiger partial charge < -0.3 is 9.90 Å². The Morgan fingerprint density at radius 3 is 2.65 bits per heavy atom. The lowest BCUT2D eigenvalue weighted by Gasteiger charge is -2.14. The number of hydrogen-bond donors (Lipinski definition) is 0. The van der Waals surface area contributed by atoms with E-state index in [1.54, 1.807) is 18.2 Å². The lowest BCUT2D eigenvalue weighted by molar-refractivity contribution is -0.305. The Bertz CT molecular complexity index is 598. The summed E-state index contributed by atoms with van der Waals surface area (Å²) >= 11 is 6.13. The van der Waals surface area contributed by atoms with Gasteiger partial charge in [-0.05, 0) is 23.8 Å². The fraction of sp³-hybridized carbons (Fsp3) is 0.154. The predicted molar refractivity (Wildman–Crippen MR) is 75.9 cm³/mol. The van der Waals surface area contributed by atoms with Gasteiger partial charge in [-0.2, -0.15) is 0 Å². The Hall–Kier alpha value is -1.73. The van der Waals surface area contributed by atoms with Gasteiger partial charge in [-0.25, -0.2) is 4.39 Å². The van der Waals surface area contributed by atoms with Gasteiger partial charge in [0.25, 0.3) is 5.91 Å². The number of carboxylic acids is 1. The Morgan fingerprint density at radius 2 is 2.05 bits per heavy atom. The minimum atomic E-state index is -1.23. The van der Waals surface area contributed by atoms with Crippen LogP contribution in [0.2, 0.25) is 0 Å². The molecule has 1 aliphatic rings. The summed E-state index contributed by atoms with van der Waals surface area (Å²) < 4.78 is 13.1. The summed E-state index contributed by atoms with van der Waals surface area (Å²) in [6.45, 7) is -0.00619. The minimum absolute atomic E-state index is 0.00619. The highest BCUT2D eigenvalue weighted by molar-refractivity contribution is 8.26. The highest BCUT2D eigenvalue weighted by atomic mass is 32.2. The summed E-state index contributed by atoms with van der Waals surface area (Å²) in [5.41, 5.74) is 0.673. The van der Waals surface area contributed by atoms with Crippen molar-refractivity contribution in [2.75, 3.05) is 6.54 Å². The van der Waals surface area contributed by atoms with Gasteiger partial charge in [-0.1, -0.05) is 36.1 Å². The van der Waals surface area contributed by atoms with Crippen molar-refractivity contribution >= 4 is 46.3 Å². The molecule has 20 heavy (non-hydrogen) atoms. The summed E-state index contributed by atoms with van der Waals surface area (Å²) in [7, 11) is 0. The zero-order chi connectivity index (χ0) is 14.7. The van der Waals surface area contributed by atoms with Crippen LogP contribution in [0.25, 0.3) is 6.08 Å². The van der Waals surface area contributed by atoms with Gasteiger partial charge >= 0.3 is 0 Å².